The van der Waals surface area contributed by atoms with Gasteiger partial charge >= 0.3 is 0 Å². The summed E-state index contributed by atoms with van der Waals surface area (Å²) in [6, 6.07) is 0. The summed E-state index contributed by atoms with van der Waals surface area (Å²) < 4.78 is 11.2. The first kappa shape index (κ1) is 13.5. The zero-order valence-electron chi connectivity index (χ0n) is 11.2. The van der Waals surface area contributed by atoms with E-state index in [9.17, 15) is 0 Å². The van der Waals surface area contributed by atoms with E-state index in [1.54, 1.807) is 0 Å². The Kier molecular flexibility index (Phi) is 4.72. The third kappa shape index (κ3) is 2.90. The monoisotopic (exact) mass is 253 g/mol. The van der Waals surface area contributed by atoms with Gasteiger partial charge in [0.2, 0.25) is 11.7 Å². The van der Waals surface area contributed by atoms with E-state index in [1.807, 2.05) is 6.92 Å². The van der Waals surface area contributed by atoms with Crippen molar-refractivity contribution in [1.29, 1.82) is 0 Å². The number of hydrogen-bond donors (Lipinski definition) is 1. The highest BCUT2D eigenvalue weighted by molar-refractivity contribution is 5.04. The normalized spacial score (nSPS) is 18.3. The number of aromatic nitrogens is 2. The quantitative estimate of drug-likeness (QED) is 0.754. The highest BCUT2D eigenvalue weighted by Crippen LogP contribution is 2.40. The Balaban J connectivity index is 2.02. The van der Waals surface area contributed by atoms with Gasteiger partial charge in [-0.15, -0.1) is 0 Å². The van der Waals surface area contributed by atoms with Crippen LogP contribution < -0.4 is 5.73 Å². The number of unbranched alkanes of at least 4 members (excludes halogenated alkanes) is 1. The van der Waals surface area contributed by atoms with Gasteiger partial charge in [-0.3, -0.25) is 0 Å². The first-order chi connectivity index (χ1) is 8.80. The minimum Gasteiger partial charge on any atom is -0.367 e. The van der Waals surface area contributed by atoms with Crippen molar-refractivity contribution in [3.63, 3.8) is 0 Å². The van der Waals surface area contributed by atoms with E-state index in [-0.39, 0.29) is 5.60 Å². The molecule has 0 aromatic carbocycles. The summed E-state index contributed by atoms with van der Waals surface area (Å²) in [7, 11) is 0. The molecule has 5 nitrogen and oxygen atoms in total. The van der Waals surface area contributed by atoms with Crippen LogP contribution in [0.1, 0.15) is 57.2 Å². The molecule has 0 radical (unpaired) electrons. The summed E-state index contributed by atoms with van der Waals surface area (Å²) >= 11 is 0. The first-order valence-electron chi connectivity index (χ1n) is 6.98. The number of nitrogens with zero attached hydrogens (tertiary/aromatic N) is 2. The van der Waals surface area contributed by atoms with Crippen LogP contribution >= 0.6 is 0 Å². The van der Waals surface area contributed by atoms with Gasteiger partial charge in [0, 0.05) is 13.0 Å². The molecule has 1 aliphatic rings. The molecule has 0 amide bonds. The fourth-order valence-corrected chi connectivity index (χ4v) is 2.62. The van der Waals surface area contributed by atoms with Crippen LogP contribution in [0.15, 0.2) is 4.52 Å². The average molecular weight is 253 g/mol. The number of rotatable bonds is 7. The topological polar surface area (TPSA) is 74.2 Å². The molecule has 1 aromatic rings. The van der Waals surface area contributed by atoms with Crippen LogP contribution in [-0.2, 0) is 16.8 Å². The lowest BCUT2D eigenvalue weighted by Crippen LogP contribution is -2.27. The molecule has 0 bridgehead atoms. The molecule has 2 N–H and O–H groups in total. The van der Waals surface area contributed by atoms with E-state index < -0.39 is 0 Å². The standard InChI is InChI=1S/C13H23N3O2/c1-2-17-13(8-4-5-9-13)12-15-11(18-16-12)7-3-6-10-14/h2-10,14H2,1H3. The summed E-state index contributed by atoms with van der Waals surface area (Å²) in [5.41, 5.74) is 5.18. The molecule has 102 valence electrons. The molecular formula is C13H23N3O2. The van der Waals surface area contributed by atoms with Crippen molar-refractivity contribution in [3.8, 4) is 0 Å². The van der Waals surface area contributed by atoms with E-state index in [4.69, 9.17) is 15.0 Å². The van der Waals surface area contributed by atoms with E-state index in [1.165, 1.54) is 12.8 Å². The van der Waals surface area contributed by atoms with E-state index >= 15 is 0 Å². The second-order valence-corrected chi connectivity index (χ2v) is 4.89. The second kappa shape index (κ2) is 6.29. The maximum atomic E-state index is 5.91. The molecule has 18 heavy (non-hydrogen) atoms. The Morgan fingerprint density at radius 1 is 1.33 bits per heavy atom. The number of ether oxygens (including phenoxy) is 1. The molecule has 1 heterocycles. The van der Waals surface area contributed by atoms with Crippen molar-refractivity contribution < 1.29 is 9.26 Å². The molecule has 1 saturated carbocycles. The summed E-state index contributed by atoms with van der Waals surface area (Å²) in [4.78, 5) is 4.51. The Labute approximate surface area is 108 Å². The minimum absolute atomic E-state index is 0.287. The largest absolute Gasteiger partial charge is 0.367 e. The molecule has 2 rings (SSSR count). The highest BCUT2D eigenvalue weighted by atomic mass is 16.5. The van der Waals surface area contributed by atoms with Crippen molar-refractivity contribution in [2.75, 3.05) is 13.2 Å². The van der Waals surface area contributed by atoms with Crippen LogP contribution in [0.3, 0.4) is 0 Å². The Bertz CT molecular complexity index is 359. The van der Waals surface area contributed by atoms with Crippen LogP contribution in [0.4, 0.5) is 0 Å². The molecule has 1 fully saturated rings. The fourth-order valence-electron chi connectivity index (χ4n) is 2.62. The third-order valence-electron chi connectivity index (χ3n) is 3.55. The second-order valence-electron chi connectivity index (χ2n) is 4.89. The summed E-state index contributed by atoms with van der Waals surface area (Å²) in [6.07, 6.45) is 7.17. The van der Waals surface area contributed by atoms with Crippen LogP contribution in [0.5, 0.6) is 0 Å². The summed E-state index contributed by atoms with van der Waals surface area (Å²) in [6.45, 7) is 3.42. The van der Waals surface area contributed by atoms with Gasteiger partial charge in [-0.1, -0.05) is 5.16 Å². The van der Waals surface area contributed by atoms with E-state index in [0.717, 1.165) is 37.9 Å². The van der Waals surface area contributed by atoms with Gasteiger partial charge in [0.15, 0.2) is 0 Å². The first-order valence-corrected chi connectivity index (χ1v) is 6.98. The van der Waals surface area contributed by atoms with Crippen LogP contribution in [0.25, 0.3) is 0 Å². The van der Waals surface area contributed by atoms with Crippen molar-refractivity contribution in [3.05, 3.63) is 11.7 Å². The molecular weight excluding hydrogens is 230 g/mol. The molecule has 0 aliphatic heterocycles. The summed E-state index contributed by atoms with van der Waals surface area (Å²) in [5, 5.41) is 4.13. The lowest BCUT2D eigenvalue weighted by atomic mass is 10.0. The van der Waals surface area contributed by atoms with Crippen LogP contribution in [0, 0.1) is 0 Å². The lowest BCUT2D eigenvalue weighted by molar-refractivity contribution is -0.0469. The third-order valence-corrected chi connectivity index (χ3v) is 3.55. The predicted molar refractivity (Wildman–Crippen MR) is 68.1 cm³/mol. The van der Waals surface area contributed by atoms with E-state index in [0.29, 0.717) is 19.0 Å². The van der Waals surface area contributed by atoms with Gasteiger partial charge in [-0.2, -0.15) is 4.98 Å². The van der Waals surface area contributed by atoms with Gasteiger partial charge in [0.05, 0.1) is 0 Å². The Hall–Kier alpha value is -0.940. The number of aryl methyl sites for hydroxylation is 1. The van der Waals surface area contributed by atoms with Crippen molar-refractivity contribution in [2.24, 2.45) is 5.73 Å². The predicted octanol–water partition coefficient (Wildman–Crippen LogP) is 2.16. The average Bonchev–Trinajstić information content (AvgIpc) is 2.99. The molecule has 0 atom stereocenters. The zero-order chi connectivity index (χ0) is 12.8. The molecule has 5 heteroatoms. The van der Waals surface area contributed by atoms with Gasteiger partial charge in [0.25, 0.3) is 0 Å². The van der Waals surface area contributed by atoms with Gasteiger partial charge < -0.3 is 15.0 Å². The van der Waals surface area contributed by atoms with Crippen molar-refractivity contribution >= 4 is 0 Å². The molecule has 0 spiro atoms. The Morgan fingerprint density at radius 2 is 2.11 bits per heavy atom. The molecule has 0 saturated heterocycles. The highest BCUT2D eigenvalue weighted by Gasteiger charge is 2.40. The van der Waals surface area contributed by atoms with Crippen LogP contribution in [-0.4, -0.2) is 23.3 Å². The minimum atomic E-state index is -0.287. The molecule has 1 aliphatic carbocycles. The Morgan fingerprint density at radius 3 is 2.78 bits per heavy atom. The SMILES string of the molecule is CCOC1(c2noc(CCCCN)n2)CCCC1. The fraction of sp³-hybridized carbons (Fsp3) is 0.846. The molecule has 1 aromatic heterocycles. The maximum Gasteiger partial charge on any atom is 0.226 e. The molecule has 0 unspecified atom stereocenters. The van der Waals surface area contributed by atoms with Crippen molar-refractivity contribution in [1.82, 2.24) is 10.1 Å². The van der Waals surface area contributed by atoms with E-state index in [2.05, 4.69) is 10.1 Å². The smallest absolute Gasteiger partial charge is 0.226 e. The number of hydrogen-bond acceptors (Lipinski definition) is 5. The van der Waals surface area contributed by atoms with Gasteiger partial charge in [0.1, 0.15) is 5.60 Å². The summed E-state index contributed by atoms with van der Waals surface area (Å²) in [5.74, 6) is 1.45. The zero-order valence-corrected chi connectivity index (χ0v) is 11.2. The lowest BCUT2D eigenvalue weighted by Gasteiger charge is -2.24. The van der Waals surface area contributed by atoms with Crippen molar-refractivity contribution in [2.45, 2.75) is 57.5 Å². The maximum absolute atomic E-state index is 5.91. The van der Waals surface area contributed by atoms with Gasteiger partial charge in [-0.05, 0) is 52.0 Å². The number of nitrogens with two attached hydrogens (primary N) is 1. The van der Waals surface area contributed by atoms with Crippen LogP contribution in [0.2, 0.25) is 0 Å². The van der Waals surface area contributed by atoms with Gasteiger partial charge in [-0.25, -0.2) is 0 Å².